The molecule has 0 heterocycles. The average molecular weight is 496 g/mol. The number of hydrogen-bond acceptors (Lipinski definition) is 7. The number of carbonyl (C=O) groups is 3. The van der Waals surface area contributed by atoms with Crippen LogP contribution in [0.1, 0.15) is 21.5 Å². The Hall–Kier alpha value is -4.37. The first kappa shape index (κ1) is 25.3. The van der Waals surface area contributed by atoms with Crippen LogP contribution in [-0.4, -0.2) is 38.2 Å². The van der Waals surface area contributed by atoms with Crippen LogP contribution in [0.5, 0.6) is 17.2 Å². The monoisotopic (exact) mass is 495 g/mol. The van der Waals surface area contributed by atoms with Crippen LogP contribution >= 0.6 is 11.6 Å². The van der Waals surface area contributed by atoms with E-state index in [2.05, 4.69) is 15.8 Å². The number of methoxy groups -OCH3 is 2. The van der Waals surface area contributed by atoms with E-state index < -0.39 is 17.8 Å². The van der Waals surface area contributed by atoms with Crippen molar-refractivity contribution in [2.24, 2.45) is 5.10 Å². The molecular formula is C25H22ClN3O6. The third kappa shape index (κ3) is 6.81. The molecule has 3 aromatic carbocycles. The van der Waals surface area contributed by atoms with Gasteiger partial charge in [0.25, 0.3) is 0 Å². The number of rotatable bonds is 7. The summed E-state index contributed by atoms with van der Waals surface area (Å²) in [5.74, 6) is -1.19. The van der Waals surface area contributed by atoms with Gasteiger partial charge in [0.15, 0.2) is 11.5 Å². The summed E-state index contributed by atoms with van der Waals surface area (Å²) in [4.78, 5) is 36.3. The lowest BCUT2D eigenvalue weighted by atomic mass is 10.2. The molecule has 0 spiro atoms. The highest BCUT2D eigenvalue weighted by molar-refractivity contribution is 6.39. The lowest BCUT2D eigenvalue weighted by Crippen LogP contribution is -2.32. The van der Waals surface area contributed by atoms with Crippen LogP contribution in [0.2, 0.25) is 5.02 Å². The Morgan fingerprint density at radius 1 is 0.886 bits per heavy atom. The predicted octanol–water partition coefficient (Wildman–Crippen LogP) is 3.97. The van der Waals surface area contributed by atoms with Crippen LogP contribution in [0.15, 0.2) is 65.8 Å². The van der Waals surface area contributed by atoms with Gasteiger partial charge in [0, 0.05) is 10.7 Å². The maximum Gasteiger partial charge on any atom is 0.343 e. The molecular weight excluding hydrogens is 474 g/mol. The number of hydrogen-bond donors (Lipinski definition) is 2. The molecule has 3 rings (SSSR count). The largest absolute Gasteiger partial charge is 0.493 e. The van der Waals surface area contributed by atoms with Crippen LogP contribution in [0.3, 0.4) is 0 Å². The van der Waals surface area contributed by atoms with Crippen LogP contribution < -0.4 is 25.0 Å². The van der Waals surface area contributed by atoms with Crippen LogP contribution in [-0.2, 0) is 9.59 Å². The minimum absolute atomic E-state index is 0.294. The molecule has 2 N–H and O–H groups in total. The van der Waals surface area contributed by atoms with Gasteiger partial charge in [-0.15, -0.1) is 0 Å². The zero-order valence-corrected chi connectivity index (χ0v) is 19.9. The molecule has 180 valence electrons. The van der Waals surface area contributed by atoms with E-state index in [4.69, 9.17) is 25.8 Å². The van der Waals surface area contributed by atoms with Gasteiger partial charge in [0.2, 0.25) is 0 Å². The standard InChI is InChI=1S/C25H22ClN3O6/c1-15-4-8-18(13-20(15)26)28-23(30)24(31)29-27-14-16-5-9-19(10-6-16)35-25(32)17-7-11-21(33-2)22(12-17)34-3/h4-14H,1-3H3,(H,28,30)(H,29,31)/b27-14+. The quantitative estimate of drug-likeness (QED) is 0.168. The molecule has 0 bridgehead atoms. The summed E-state index contributed by atoms with van der Waals surface area (Å²) in [6.45, 7) is 1.82. The maximum atomic E-state index is 12.4. The summed E-state index contributed by atoms with van der Waals surface area (Å²) >= 11 is 6.01. The first-order valence-corrected chi connectivity index (χ1v) is 10.6. The number of esters is 1. The van der Waals surface area contributed by atoms with Crippen LogP contribution in [0, 0.1) is 6.92 Å². The summed E-state index contributed by atoms with van der Waals surface area (Å²) in [6, 6.07) is 16.0. The molecule has 0 aliphatic rings. The Morgan fingerprint density at radius 3 is 2.26 bits per heavy atom. The minimum atomic E-state index is -0.946. The van der Waals surface area contributed by atoms with Crippen LogP contribution in [0.25, 0.3) is 0 Å². The molecule has 0 atom stereocenters. The predicted molar refractivity (Wildman–Crippen MR) is 132 cm³/mol. The van der Waals surface area contributed by atoms with E-state index in [9.17, 15) is 14.4 Å². The lowest BCUT2D eigenvalue weighted by molar-refractivity contribution is -0.136. The smallest absolute Gasteiger partial charge is 0.343 e. The summed E-state index contributed by atoms with van der Waals surface area (Å²) in [7, 11) is 2.98. The molecule has 9 nitrogen and oxygen atoms in total. The number of anilines is 1. The number of carbonyl (C=O) groups excluding carboxylic acids is 3. The number of nitrogens with zero attached hydrogens (tertiary/aromatic N) is 1. The maximum absolute atomic E-state index is 12.4. The van der Waals surface area contributed by atoms with Crippen molar-refractivity contribution in [3.8, 4) is 17.2 Å². The lowest BCUT2D eigenvalue weighted by Gasteiger charge is -2.09. The Kier molecular flexibility index (Phi) is 8.42. The molecule has 0 aliphatic heterocycles. The van der Waals surface area contributed by atoms with E-state index in [0.29, 0.717) is 39.1 Å². The average Bonchev–Trinajstić information content (AvgIpc) is 2.86. The van der Waals surface area contributed by atoms with Crippen molar-refractivity contribution in [2.45, 2.75) is 6.92 Å². The number of amides is 2. The fourth-order valence-corrected chi connectivity index (χ4v) is 3.01. The van der Waals surface area contributed by atoms with Gasteiger partial charge in [0.05, 0.1) is 26.0 Å². The van der Waals surface area contributed by atoms with Gasteiger partial charge in [-0.05, 0) is 72.6 Å². The highest BCUT2D eigenvalue weighted by atomic mass is 35.5. The molecule has 0 radical (unpaired) electrons. The topological polar surface area (TPSA) is 115 Å². The number of hydrazone groups is 1. The summed E-state index contributed by atoms with van der Waals surface area (Å²) in [5, 5.41) is 6.67. The fourth-order valence-electron chi connectivity index (χ4n) is 2.83. The van der Waals surface area contributed by atoms with E-state index in [1.54, 1.807) is 54.6 Å². The van der Waals surface area contributed by atoms with Gasteiger partial charge in [-0.25, -0.2) is 10.2 Å². The van der Waals surface area contributed by atoms with Crippen molar-refractivity contribution in [2.75, 3.05) is 19.5 Å². The van der Waals surface area contributed by atoms with Crippen molar-refractivity contribution < 1.29 is 28.6 Å². The molecule has 0 saturated carbocycles. The molecule has 0 aliphatic carbocycles. The molecule has 0 aromatic heterocycles. The van der Waals surface area contributed by atoms with E-state index in [1.165, 1.54) is 26.5 Å². The van der Waals surface area contributed by atoms with Gasteiger partial charge in [0.1, 0.15) is 5.75 Å². The fraction of sp³-hybridized carbons (Fsp3) is 0.120. The number of nitrogens with one attached hydrogen (secondary N) is 2. The summed E-state index contributed by atoms with van der Waals surface area (Å²) in [5.41, 5.74) is 4.28. The molecule has 3 aromatic rings. The Morgan fingerprint density at radius 2 is 1.60 bits per heavy atom. The number of ether oxygens (including phenoxy) is 3. The van der Waals surface area contributed by atoms with Crippen molar-refractivity contribution in [3.63, 3.8) is 0 Å². The Bertz CT molecular complexity index is 1270. The van der Waals surface area contributed by atoms with Crippen LogP contribution in [0.4, 0.5) is 5.69 Å². The van der Waals surface area contributed by atoms with E-state index in [1.807, 2.05) is 6.92 Å². The van der Waals surface area contributed by atoms with E-state index in [-0.39, 0.29) is 0 Å². The van der Waals surface area contributed by atoms with E-state index in [0.717, 1.165) is 5.56 Å². The van der Waals surface area contributed by atoms with Crippen molar-refractivity contribution in [1.29, 1.82) is 0 Å². The van der Waals surface area contributed by atoms with Crippen molar-refractivity contribution >= 4 is 41.3 Å². The number of aryl methyl sites for hydroxylation is 1. The molecule has 10 heteroatoms. The van der Waals surface area contributed by atoms with Crippen molar-refractivity contribution in [3.05, 3.63) is 82.4 Å². The highest BCUT2D eigenvalue weighted by Crippen LogP contribution is 2.28. The Balaban J connectivity index is 1.53. The number of halogens is 1. The summed E-state index contributed by atoms with van der Waals surface area (Å²) < 4.78 is 15.7. The van der Waals surface area contributed by atoms with Gasteiger partial charge >= 0.3 is 17.8 Å². The normalized spacial score (nSPS) is 10.5. The minimum Gasteiger partial charge on any atom is -0.493 e. The van der Waals surface area contributed by atoms with E-state index >= 15 is 0 Å². The molecule has 0 fully saturated rings. The first-order chi connectivity index (χ1) is 16.8. The van der Waals surface area contributed by atoms with Gasteiger partial charge < -0.3 is 19.5 Å². The zero-order valence-electron chi connectivity index (χ0n) is 19.1. The second-order valence-corrected chi connectivity index (χ2v) is 7.55. The molecule has 0 saturated heterocycles. The molecule has 0 unspecified atom stereocenters. The SMILES string of the molecule is COc1ccc(C(=O)Oc2ccc(/C=N/NC(=O)C(=O)Nc3ccc(C)c(Cl)c3)cc2)cc1OC. The Labute approximate surface area is 206 Å². The van der Waals surface area contributed by atoms with Gasteiger partial charge in [-0.1, -0.05) is 17.7 Å². The molecule has 2 amide bonds. The second-order valence-electron chi connectivity index (χ2n) is 7.15. The second kappa shape index (κ2) is 11.7. The third-order valence-corrected chi connectivity index (χ3v) is 5.13. The highest BCUT2D eigenvalue weighted by Gasteiger charge is 2.14. The first-order valence-electron chi connectivity index (χ1n) is 10.3. The van der Waals surface area contributed by atoms with Gasteiger partial charge in [-0.2, -0.15) is 5.10 Å². The van der Waals surface area contributed by atoms with Gasteiger partial charge in [-0.3, -0.25) is 9.59 Å². The number of benzene rings is 3. The zero-order chi connectivity index (χ0) is 25.4. The van der Waals surface area contributed by atoms with Crippen molar-refractivity contribution in [1.82, 2.24) is 5.43 Å². The third-order valence-electron chi connectivity index (χ3n) is 4.73. The summed E-state index contributed by atoms with van der Waals surface area (Å²) in [6.07, 6.45) is 1.34. The molecule has 35 heavy (non-hydrogen) atoms.